The van der Waals surface area contributed by atoms with Crippen molar-refractivity contribution in [1.82, 2.24) is 9.88 Å². The molecule has 0 spiro atoms. The predicted molar refractivity (Wildman–Crippen MR) is 94.0 cm³/mol. The van der Waals surface area contributed by atoms with E-state index in [1.54, 1.807) is 38.4 Å². The smallest absolute Gasteiger partial charge is 0.253 e. The van der Waals surface area contributed by atoms with Crippen LogP contribution in [0.15, 0.2) is 34.9 Å². The minimum atomic E-state index is -0.110. The van der Waals surface area contributed by atoms with Gasteiger partial charge in [-0.2, -0.15) is 0 Å². The van der Waals surface area contributed by atoms with Gasteiger partial charge < -0.3 is 14.1 Å². The highest BCUT2D eigenvalue weighted by Gasteiger charge is 2.17. The van der Waals surface area contributed by atoms with E-state index in [-0.39, 0.29) is 5.91 Å². The van der Waals surface area contributed by atoms with Gasteiger partial charge in [-0.25, -0.2) is 0 Å². The van der Waals surface area contributed by atoms with E-state index in [9.17, 15) is 4.79 Å². The molecule has 0 unspecified atom stereocenters. The summed E-state index contributed by atoms with van der Waals surface area (Å²) in [6.07, 6.45) is 1.47. The van der Waals surface area contributed by atoms with Gasteiger partial charge in [0.15, 0.2) is 5.58 Å². The third-order valence-electron chi connectivity index (χ3n) is 3.56. The zero-order chi connectivity index (χ0) is 17.4. The first kappa shape index (κ1) is 16.6. The number of carbonyl (C=O) groups excluding carboxylic acids is 1. The minimum Gasteiger partial charge on any atom is -0.496 e. The van der Waals surface area contributed by atoms with E-state index >= 15 is 0 Å². The molecule has 0 N–H and O–H groups in total. The number of halogens is 2. The predicted octanol–water partition coefficient (Wildman–Crippen LogP) is 4.51. The van der Waals surface area contributed by atoms with Crippen LogP contribution in [0.5, 0.6) is 5.75 Å². The number of benzene rings is 1. The number of furan rings is 1. The topological polar surface area (TPSA) is 55.6 Å². The molecule has 0 saturated heterocycles. The van der Waals surface area contributed by atoms with Crippen molar-refractivity contribution in [2.24, 2.45) is 0 Å². The summed E-state index contributed by atoms with van der Waals surface area (Å²) in [5.41, 5.74) is 2.22. The van der Waals surface area contributed by atoms with Gasteiger partial charge in [-0.1, -0.05) is 23.2 Å². The number of rotatable bonds is 3. The van der Waals surface area contributed by atoms with E-state index in [4.69, 9.17) is 32.4 Å². The second kappa shape index (κ2) is 6.34. The Balaban J connectivity index is 2.12. The van der Waals surface area contributed by atoms with Gasteiger partial charge in [0.05, 0.1) is 17.7 Å². The molecule has 0 aliphatic heterocycles. The van der Waals surface area contributed by atoms with E-state index in [1.165, 1.54) is 18.2 Å². The molecule has 2 heterocycles. The molecular formula is C17H14Cl2N2O3. The second-order valence-electron chi connectivity index (χ2n) is 5.36. The van der Waals surface area contributed by atoms with Gasteiger partial charge in [0.25, 0.3) is 5.91 Å². The number of nitrogens with zero attached hydrogens (tertiary/aromatic N) is 2. The van der Waals surface area contributed by atoms with Gasteiger partial charge in [-0.05, 0) is 18.2 Å². The van der Waals surface area contributed by atoms with Crippen molar-refractivity contribution in [2.75, 3.05) is 21.2 Å². The molecule has 3 aromatic rings. The van der Waals surface area contributed by atoms with Crippen LogP contribution in [0.2, 0.25) is 10.0 Å². The van der Waals surface area contributed by atoms with Crippen LogP contribution in [-0.2, 0) is 0 Å². The molecule has 3 rings (SSSR count). The molecule has 0 fully saturated rings. The Morgan fingerprint density at radius 2 is 2.00 bits per heavy atom. The third kappa shape index (κ3) is 2.81. The van der Waals surface area contributed by atoms with Crippen LogP contribution in [-0.4, -0.2) is 37.0 Å². The lowest BCUT2D eigenvalue weighted by Crippen LogP contribution is -2.21. The molecule has 1 aromatic carbocycles. The second-order valence-corrected chi connectivity index (χ2v) is 6.14. The molecule has 2 aromatic heterocycles. The summed E-state index contributed by atoms with van der Waals surface area (Å²) in [7, 11) is 4.92. The number of pyridine rings is 1. The van der Waals surface area contributed by atoms with Crippen LogP contribution in [0.3, 0.4) is 0 Å². The molecule has 0 aliphatic carbocycles. The minimum absolute atomic E-state index is 0.110. The Morgan fingerprint density at radius 3 is 2.67 bits per heavy atom. The lowest BCUT2D eigenvalue weighted by molar-refractivity contribution is 0.0827. The monoisotopic (exact) mass is 364 g/mol. The van der Waals surface area contributed by atoms with Crippen molar-refractivity contribution >= 4 is 40.2 Å². The summed E-state index contributed by atoms with van der Waals surface area (Å²) in [4.78, 5) is 17.8. The highest BCUT2D eigenvalue weighted by Crippen LogP contribution is 2.38. The van der Waals surface area contributed by atoms with E-state index in [1.807, 2.05) is 0 Å². The quantitative estimate of drug-likeness (QED) is 0.685. The highest BCUT2D eigenvalue weighted by molar-refractivity contribution is 6.44. The first-order chi connectivity index (χ1) is 11.4. The van der Waals surface area contributed by atoms with Crippen molar-refractivity contribution in [3.05, 3.63) is 46.1 Å². The Morgan fingerprint density at radius 1 is 1.25 bits per heavy atom. The number of fused-ring (bicyclic) bond motifs is 1. The molecule has 0 bridgehead atoms. The maximum atomic E-state index is 12.1. The van der Waals surface area contributed by atoms with Gasteiger partial charge in [0.1, 0.15) is 22.0 Å². The standard InChI is InChI=1S/C17H14Cl2N2O3/c1-21(2)17(22)9-4-5-10(13(6-9)23-3)14-7-12-16(24-14)15(19)11(18)8-20-12/h4-8H,1-3H3. The average Bonchev–Trinajstić information content (AvgIpc) is 3.01. The zero-order valence-corrected chi connectivity index (χ0v) is 14.8. The van der Waals surface area contributed by atoms with Crippen molar-refractivity contribution in [3.8, 4) is 17.1 Å². The lowest BCUT2D eigenvalue weighted by atomic mass is 10.1. The highest BCUT2D eigenvalue weighted by atomic mass is 35.5. The zero-order valence-electron chi connectivity index (χ0n) is 13.3. The first-order valence-corrected chi connectivity index (χ1v) is 7.81. The number of aromatic nitrogens is 1. The Kier molecular flexibility index (Phi) is 4.39. The van der Waals surface area contributed by atoms with E-state index in [0.717, 1.165) is 0 Å². The summed E-state index contributed by atoms with van der Waals surface area (Å²) >= 11 is 12.1. The molecule has 0 aliphatic rings. The Bertz CT molecular complexity index is 935. The SMILES string of the molecule is COc1cc(C(=O)N(C)C)ccc1-c1cc2ncc(Cl)c(Cl)c2o1. The van der Waals surface area contributed by atoms with Crippen LogP contribution >= 0.6 is 23.2 Å². The summed E-state index contributed by atoms with van der Waals surface area (Å²) in [6, 6.07) is 6.91. The summed E-state index contributed by atoms with van der Waals surface area (Å²) in [6.45, 7) is 0. The van der Waals surface area contributed by atoms with Crippen LogP contribution in [0.4, 0.5) is 0 Å². The first-order valence-electron chi connectivity index (χ1n) is 7.06. The van der Waals surface area contributed by atoms with Gasteiger partial charge in [-0.15, -0.1) is 0 Å². The fourth-order valence-corrected chi connectivity index (χ4v) is 2.66. The number of ether oxygens (including phenoxy) is 1. The van der Waals surface area contributed by atoms with Crippen LogP contribution in [0, 0.1) is 0 Å². The number of methoxy groups -OCH3 is 1. The molecule has 1 amide bonds. The molecule has 24 heavy (non-hydrogen) atoms. The lowest BCUT2D eigenvalue weighted by Gasteiger charge is -2.12. The summed E-state index contributed by atoms with van der Waals surface area (Å²) in [5, 5.41) is 0.634. The fourth-order valence-electron chi connectivity index (χ4n) is 2.34. The number of carbonyl (C=O) groups is 1. The molecular weight excluding hydrogens is 351 g/mol. The normalized spacial score (nSPS) is 10.9. The van der Waals surface area contributed by atoms with E-state index in [2.05, 4.69) is 4.98 Å². The molecule has 0 atom stereocenters. The average molecular weight is 365 g/mol. The van der Waals surface area contributed by atoms with Crippen molar-refractivity contribution in [2.45, 2.75) is 0 Å². The van der Waals surface area contributed by atoms with Gasteiger partial charge in [-0.3, -0.25) is 9.78 Å². The largest absolute Gasteiger partial charge is 0.496 e. The number of amides is 1. The Hall–Kier alpha value is -2.24. The summed E-state index contributed by atoms with van der Waals surface area (Å²) < 4.78 is 11.2. The molecule has 5 nitrogen and oxygen atoms in total. The number of hydrogen-bond donors (Lipinski definition) is 0. The van der Waals surface area contributed by atoms with Crippen molar-refractivity contribution in [3.63, 3.8) is 0 Å². The molecule has 124 valence electrons. The number of hydrogen-bond acceptors (Lipinski definition) is 4. The van der Waals surface area contributed by atoms with Crippen molar-refractivity contribution < 1.29 is 13.9 Å². The fraction of sp³-hybridized carbons (Fsp3) is 0.176. The summed E-state index contributed by atoms with van der Waals surface area (Å²) in [5.74, 6) is 0.937. The molecule has 7 heteroatoms. The molecule has 0 saturated carbocycles. The van der Waals surface area contributed by atoms with E-state index in [0.29, 0.717) is 43.8 Å². The van der Waals surface area contributed by atoms with Gasteiger partial charge >= 0.3 is 0 Å². The maximum Gasteiger partial charge on any atom is 0.253 e. The molecule has 0 radical (unpaired) electrons. The van der Waals surface area contributed by atoms with Gasteiger partial charge in [0, 0.05) is 31.9 Å². The Labute approximate surface area is 148 Å². The third-order valence-corrected chi connectivity index (χ3v) is 4.32. The van der Waals surface area contributed by atoms with Crippen molar-refractivity contribution in [1.29, 1.82) is 0 Å². The maximum absolute atomic E-state index is 12.1. The van der Waals surface area contributed by atoms with Crippen LogP contribution in [0.25, 0.3) is 22.4 Å². The van der Waals surface area contributed by atoms with E-state index < -0.39 is 0 Å². The van der Waals surface area contributed by atoms with Gasteiger partial charge in [0.2, 0.25) is 0 Å². The van der Waals surface area contributed by atoms with Crippen LogP contribution < -0.4 is 4.74 Å². The van der Waals surface area contributed by atoms with Crippen LogP contribution in [0.1, 0.15) is 10.4 Å².